The number of aliphatic imine (C=N–C) groups is 1. The van der Waals surface area contributed by atoms with Crippen molar-refractivity contribution in [2.45, 2.75) is 6.18 Å². The molecule has 0 N–H and O–H groups in total. The Hall–Kier alpha value is -4.01. The zero-order valence-corrected chi connectivity index (χ0v) is 18.7. The Bertz CT molecular complexity index is 1250. The van der Waals surface area contributed by atoms with Crippen molar-refractivity contribution in [2.24, 2.45) is 4.99 Å². The van der Waals surface area contributed by atoms with Crippen LogP contribution in [0.5, 0.6) is 17.2 Å². The molecule has 1 fully saturated rings. The summed E-state index contributed by atoms with van der Waals surface area (Å²) >= 11 is 0. The molecule has 9 heteroatoms. The van der Waals surface area contributed by atoms with E-state index in [1.807, 2.05) is 35.2 Å². The van der Waals surface area contributed by atoms with Gasteiger partial charge in [-0.1, -0.05) is 30.3 Å². The smallest absolute Gasteiger partial charge is 0.416 e. The summed E-state index contributed by atoms with van der Waals surface area (Å²) in [5.41, 5.74) is 0.00739. The van der Waals surface area contributed by atoms with Gasteiger partial charge in [-0.25, -0.2) is 4.99 Å². The number of amidine groups is 1. The minimum absolute atomic E-state index is 0.0603. The average Bonchev–Trinajstić information content (AvgIpc) is 3.04. The van der Waals surface area contributed by atoms with Gasteiger partial charge in [-0.3, -0.25) is 4.79 Å². The van der Waals surface area contributed by atoms with E-state index in [1.54, 1.807) is 29.2 Å². The highest BCUT2D eigenvalue weighted by molar-refractivity contribution is 6.03. The van der Waals surface area contributed by atoms with Crippen molar-refractivity contribution in [1.29, 1.82) is 0 Å². The number of carbonyl (C=O) groups is 1. The Labute approximate surface area is 200 Å². The van der Waals surface area contributed by atoms with Crippen LogP contribution in [0.15, 0.2) is 77.8 Å². The highest BCUT2D eigenvalue weighted by Crippen LogP contribution is 2.41. The molecule has 0 atom stereocenters. The molecule has 2 aliphatic rings. The Kier molecular flexibility index (Phi) is 6.07. The number of nitrogens with zero attached hydrogens (tertiary/aromatic N) is 3. The van der Waals surface area contributed by atoms with Crippen LogP contribution in [0.3, 0.4) is 0 Å². The third-order valence-electron chi connectivity index (χ3n) is 5.90. The van der Waals surface area contributed by atoms with Crippen LogP contribution in [-0.4, -0.2) is 54.3 Å². The summed E-state index contributed by atoms with van der Waals surface area (Å²) in [6.45, 7) is 1.76. The second-order valence-electron chi connectivity index (χ2n) is 8.18. The average molecular weight is 481 g/mol. The number of benzene rings is 3. The summed E-state index contributed by atoms with van der Waals surface area (Å²) in [6.07, 6.45) is -4.49. The number of alkyl halides is 3. The molecular weight excluding hydrogens is 459 g/mol. The highest BCUT2D eigenvalue weighted by atomic mass is 19.4. The molecule has 0 aliphatic carbocycles. The van der Waals surface area contributed by atoms with Crippen molar-refractivity contribution in [2.75, 3.05) is 32.8 Å². The lowest BCUT2D eigenvalue weighted by Gasteiger charge is -2.36. The summed E-state index contributed by atoms with van der Waals surface area (Å²) in [5, 5.41) is 0. The SMILES string of the molecule is O=C(COc1ccccc1)N1CCN(C2=Nc3cc(C(F)(F)F)ccc3Oc3ccccc32)CC1. The van der Waals surface area contributed by atoms with Gasteiger partial charge in [0.2, 0.25) is 0 Å². The van der Waals surface area contributed by atoms with Gasteiger partial charge in [0.1, 0.15) is 23.0 Å². The van der Waals surface area contributed by atoms with Crippen molar-refractivity contribution in [3.8, 4) is 17.2 Å². The van der Waals surface area contributed by atoms with Crippen LogP contribution in [-0.2, 0) is 11.0 Å². The van der Waals surface area contributed by atoms with Crippen LogP contribution >= 0.6 is 0 Å². The summed E-state index contributed by atoms with van der Waals surface area (Å²) in [7, 11) is 0. The molecule has 35 heavy (non-hydrogen) atoms. The lowest BCUT2D eigenvalue weighted by molar-refractivity contribution is -0.137. The number of rotatable bonds is 3. The van der Waals surface area contributed by atoms with E-state index in [2.05, 4.69) is 4.99 Å². The number of fused-ring (bicyclic) bond motifs is 2. The van der Waals surface area contributed by atoms with Crippen molar-refractivity contribution in [3.63, 3.8) is 0 Å². The Balaban J connectivity index is 1.35. The monoisotopic (exact) mass is 481 g/mol. The lowest BCUT2D eigenvalue weighted by atomic mass is 10.1. The van der Waals surface area contributed by atoms with Gasteiger partial charge in [-0.15, -0.1) is 0 Å². The molecule has 0 spiro atoms. The number of hydrogen-bond acceptors (Lipinski definition) is 5. The minimum atomic E-state index is -4.49. The largest absolute Gasteiger partial charge is 0.484 e. The van der Waals surface area contributed by atoms with Crippen molar-refractivity contribution >= 4 is 17.4 Å². The van der Waals surface area contributed by atoms with Gasteiger partial charge in [0.15, 0.2) is 12.4 Å². The number of piperazine rings is 1. The third-order valence-corrected chi connectivity index (χ3v) is 5.90. The molecule has 0 radical (unpaired) electrons. The van der Waals surface area contributed by atoms with Crippen molar-refractivity contribution in [3.05, 3.63) is 83.9 Å². The van der Waals surface area contributed by atoms with Gasteiger partial charge < -0.3 is 19.3 Å². The molecule has 0 aromatic heterocycles. The van der Waals surface area contributed by atoms with Gasteiger partial charge in [0.25, 0.3) is 5.91 Å². The predicted octanol–water partition coefficient (Wildman–Crippen LogP) is 5.11. The molecule has 3 aromatic rings. The first-order valence-corrected chi connectivity index (χ1v) is 11.2. The van der Waals surface area contributed by atoms with Gasteiger partial charge in [-0.05, 0) is 42.5 Å². The summed E-state index contributed by atoms with van der Waals surface area (Å²) in [6, 6.07) is 19.6. The third kappa shape index (κ3) is 4.94. The molecular formula is C26H22F3N3O3. The number of carbonyl (C=O) groups excluding carboxylic acids is 1. The van der Waals surface area contributed by atoms with Gasteiger partial charge in [0, 0.05) is 26.2 Å². The lowest BCUT2D eigenvalue weighted by Crippen LogP contribution is -2.51. The molecule has 180 valence electrons. The fourth-order valence-corrected chi connectivity index (χ4v) is 4.06. The fourth-order valence-electron chi connectivity index (χ4n) is 4.06. The van der Waals surface area contributed by atoms with E-state index < -0.39 is 11.7 Å². The van der Waals surface area contributed by atoms with E-state index in [4.69, 9.17) is 9.47 Å². The number of halogens is 3. The maximum Gasteiger partial charge on any atom is 0.416 e. The molecule has 2 aliphatic heterocycles. The maximum atomic E-state index is 13.3. The predicted molar refractivity (Wildman–Crippen MR) is 124 cm³/mol. The summed E-state index contributed by atoms with van der Waals surface area (Å²) < 4.78 is 51.5. The molecule has 1 saturated heterocycles. The Morgan fingerprint density at radius 2 is 1.63 bits per heavy atom. The van der Waals surface area contributed by atoms with Crippen LogP contribution in [0.1, 0.15) is 11.1 Å². The van der Waals surface area contributed by atoms with E-state index in [0.29, 0.717) is 49.1 Å². The molecule has 2 heterocycles. The Morgan fingerprint density at radius 1 is 0.914 bits per heavy atom. The van der Waals surface area contributed by atoms with Crippen LogP contribution in [0, 0.1) is 0 Å². The molecule has 3 aromatic carbocycles. The Morgan fingerprint density at radius 3 is 2.37 bits per heavy atom. The summed E-state index contributed by atoms with van der Waals surface area (Å²) in [5.74, 6) is 1.79. The number of amides is 1. The fraction of sp³-hybridized carbons (Fsp3) is 0.231. The zero-order valence-electron chi connectivity index (χ0n) is 18.7. The highest BCUT2D eigenvalue weighted by Gasteiger charge is 2.33. The maximum absolute atomic E-state index is 13.3. The number of para-hydroxylation sites is 2. The normalized spacial score (nSPS) is 15.3. The van der Waals surface area contributed by atoms with Crippen LogP contribution in [0.25, 0.3) is 0 Å². The number of hydrogen-bond donors (Lipinski definition) is 0. The second-order valence-corrected chi connectivity index (χ2v) is 8.18. The van der Waals surface area contributed by atoms with E-state index in [-0.39, 0.29) is 24.0 Å². The van der Waals surface area contributed by atoms with E-state index in [0.717, 1.165) is 12.1 Å². The quantitative estimate of drug-likeness (QED) is 0.522. The first-order chi connectivity index (χ1) is 16.9. The molecule has 1 amide bonds. The topological polar surface area (TPSA) is 54.4 Å². The molecule has 0 bridgehead atoms. The van der Waals surface area contributed by atoms with Crippen LogP contribution < -0.4 is 9.47 Å². The minimum Gasteiger partial charge on any atom is -0.484 e. The summed E-state index contributed by atoms with van der Waals surface area (Å²) in [4.78, 5) is 20.9. The van der Waals surface area contributed by atoms with Crippen LogP contribution in [0.4, 0.5) is 18.9 Å². The standard InChI is InChI=1S/C26H22F3N3O3/c27-26(28,29)18-10-11-23-21(16-18)30-25(20-8-4-5-9-22(20)35-23)32-14-12-31(13-15-32)24(33)17-34-19-6-2-1-3-7-19/h1-11,16H,12-15,17H2. The van der Waals surface area contributed by atoms with Crippen molar-refractivity contribution < 1.29 is 27.4 Å². The first kappa shape index (κ1) is 22.8. The second kappa shape index (κ2) is 9.32. The molecule has 0 saturated carbocycles. The molecule has 6 nitrogen and oxygen atoms in total. The van der Waals surface area contributed by atoms with Crippen LogP contribution in [0.2, 0.25) is 0 Å². The van der Waals surface area contributed by atoms with E-state index in [1.165, 1.54) is 6.07 Å². The van der Waals surface area contributed by atoms with Gasteiger partial charge in [0.05, 0.1) is 11.1 Å². The molecule has 0 unspecified atom stereocenters. The first-order valence-electron chi connectivity index (χ1n) is 11.2. The van der Waals surface area contributed by atoms with Crippen molar-refractivity contribution in [1.82, 2.24) is 9.80 Å². The molecule has 5 rings (SSSR count). The van der Waals surface area contributed by atoms with E-state index >= 15 is 0 Å². The van der Waals surface area contributed by atoms with Gasteiger partial charge in [-0.2, -0.15) is 13.2 Å². The zero-order chi connectivity index (χ0) is 24.4. The van der Waals surface area contributed by atoms with Gasteiger partial charge >= 0.3 is 6.18 Å². The van der Waals surface area contributed by atoms with E-state index in [9.17, 15) is 18.0 Å². The number of ether oxygens (including phenoxy) is 2.